The van der Waals surface area contributed by atoms with Gasteiger partial charge in [-0.15, -0.1) is 37.2 Å². The number of nitrogens with one attached hydrogen (secondary N) is 1. The zero-order chi connectivity index (χ0) is 64.8. The zero-order valence-electron chi connectivity index (χ0n) is 57.8. The van der Waals surface area contributed by atoms with Gasteiger partial charge in [-0.1, -0.05) is 58.4 Å². The second kappa shape index (κ2) is 69.0. The van der Waals surface area contributed by atoms with Crippen LogP contribution < -0.4 is 29.3 Å². The highest BCUT2D eigenvalue weighted by molar-refractivity contribution is 5.86. The van der Waals surface area contributed by atoms with E-state index in [0.717, 1.165) is 134 Å². The quantitative estimate of drug-likeness (QED) is 0.0698. The van der Waals surface area contributed by atoms with E-state index in [-0.39, 0.29) is 103 Å². The Morgan fingerprint density at radius 1 is 0.540 bits per heavy atom. The third-order valence-corrected chi connectivity index (χ3v) is 11.9. The number of rotatable bonds is 30. The van der Waals surface area contributed by atoms with Gasteiger partial charge in [0.15, 0.2) is 0 Å². The molecule has 0 atom stereocenters. The van der Waals surface area contributed by atoms with Gasteiger partial charge in [-0.25, -0.2) is 0 Å². The van der Waals surface area contributed by atoms with E-state index in [9.17, 15) is 43.2 Å². The summed E-state index contributed by atoms with van der Waals surface area (Å²) in [5, 5.41) is 10.1. The van der Waals surface area contributed by atoms with Crippen LogP contribution in [0.15, 0.2) is 24.3 Å². The molecule has 2 heterocycles. The van der Waals surface area contributed by atoms with Gasteiger partial charge in [0.05, 0.1) is 54.0 Å². The molecule has 0 bridgehead atoms. The zero-order valence-corrected chi connectivity index (χ0v) is 62.4. The van der Waals surface area contributed by atoms with Crippen LogP contribution in [0.2, 0.25) is 0 Å². The molecule has 19 nitrogen and oxygen atoms in total. The van der Waals surface area contributed by atoms with E-state index in [1.165, 1.54) is 44.6 Å². The molecule has 2 aliphatic rings. The first-order chi connectivity index (χ1) is 38.7. The Morgan fingerprint density at radius 3 is 1.31 bits per heavy atom. The first-order valence-corrected chi connectivity index (χ1v) is 30.3. The van der Waals surface area contributed by atoms with Crippen LogP contribution in [0.25, 0.3) is 0 Å². The average molecular weight is 1420 g/mol. The number of aliphatic carboxylic acids is 1. The first-order valence-electron chi connectivity index (χ1n) is 30.3. The Balaban J connectivity index is -0.000000115. The number of carbonyl (C=O) groups excluding carboxylic acids is 8. The van der Waals surface area contributed by atoms with Crippen LogP contribution in [0.3, 0.4) is 0 Å². The fourth-order valence-corrected chi connectivity index (χ4v) is 7.68. The molecule has 3 rings (SSSR count). The molecule has 516 valence electrons. The predicted octanol–water partition coefficient (Wildman–Crippen LogP) is 5.70. The number of halogens is 4. The van der Waals surface area contributed by atoms with Crippen molar-refractivity contribution in [3.05, 3.63) is 35.4 Å². The number of hydrogen-bond acceptors (Lipinski definition) is 16. The SMILES string of the molecule is CC(=O)CCCN(C)C.CC(=O)CCC[N+](C)(C)C.CC(=O)CCN(C)C.CC(=O)CN1CCCCC1.CC(=O)CN1CCOCC1.CC(=O)NCC(=O)O.CCCN(CCC)Cc1cccc(CC(C)=O)c1.CCN(CC)CCC(C)=O.Cl.Cl.Cl.[I-]. The van der Waals surface area contributed by atoms with Crippen LogP contribution in [0.5, 0.6) is 0 Å². The molecule has 23 heteroatoms. The molecular formula is C64H126Cl3IN8O11. The lowest BCUT2D eigenvalue weighted by Crippen LogP contribution is -3.00. The van der Waals surface area contributed by atoms with Crippen molar-refractivity contribution in [1.29, 1.82) is 0 Å². The van der Waals surface area contributed by atoms with Gasteiger partial charge in [-0.3, -0.25) is 48.3 Å². The van der Waals surface area contributed by atoms with Crippen LogP contribution in [0.4, 0.5) is 0 Å². The van der Waals surface area contributed by atoms with Crippen molar-refractivity contribution in [2.45, 2.75) is 167 Å². The van der Waals surface area contributed by atoms with Crippen LogP contribution in [-0.4, -0.2) is 252 Å². The minimum atomic E-state index is -1.03. The van der Waals surface area contributed by atoms with E-state index in [0.29, 0.717) is 43.9 Å². The van der Waals surface area contributed by atoms with E-state index in [1.54, 1.807) is 48.5 Å². The van der Waals surface area contributed by atoms with Crippen LogP contribution in [0.1, 0.15) is 165 Å². The average Bonchev–Trinajstić information content (AvgIpc) is 3.58. The van der Waals surface area contributed by atoms with Crippen LogP contribution in [0, 0.1) is 0 Å². The highest BCUT2D eigenvalue weighted by atomic mass is 127. The summed E-state index contributed by atoms with van der Waals surface area (Å²) in [6, 6.07) is 8.42. The van der Waals surface area contributed by atoms with Crippen molar-refractivity contribution in [1.82, 2.24) is 34.7 Å². The molecule has 2 aliphatic heterocycles. The van der Waals surface area contributed by atoms with E-state index in [4.69, 9.17) is 9.84 Å². The number of carbonyl (C=O) groups is 9. The van der Waals surface area contributed by atoms with Gasteiger partial charge in [-0.05, 0) is 166 Å². The predicted molar refractivity (Wildman–Crippen MR) is 362 cm³/mol. The number of hydrogen-bond donors (Lipinski definition) is 2. The Labute approximate surface area is 565 Å². The standard InChI is InChI=1S/C16H25NO.C8H15NO.C8H18NO.C8H17NO.C7H13NO2.C7H15NO.C6H13NO.C4H7NO3.3ClH.HI/c1-4-9-17(10-5-2)13-16-8-6-7-15(12-16)11-14(3)18;1-8(10)7-9-5-3-2-4-6-9;1-8(10)6-5-7-9(2,3)4;1-4-9(5-2)7-6-8(3)10;1-7(9)6-8-2-4-10-5-3-8;1-7(9)5-4-6-8(2)3;1-6(8)4-5-7(2)3;1-3(6)5-2-4(7)8;;;;/h6-8,12H,4-5,9-11,13H2,1-3H3;2-7H2,1H3;5-7H2,1-4H3;4-7H2,1-3H3;2-6H2,1H3;4-6H2,1-3H3;4-5H2,1-3H3;2H2,1H3,(H,5,6)(H,7,8);4*1H/q;;+1;;;;;;;;;/p-1. The number of benzene rings is 1. The van der Waals surface area contributed by atoms with Crippen molar-refractivity contribution in [3.8, 4) is 0 Å². The summed E-state index contributed by atoms with van der Waals surface area (Å²) in [6.07, 6.45) is 11.6. The number of amides is 1. The third-order valence-electron chi connectivity index (χ3n) is 11.9. The Morgan fingerprint density at radius 2 is 0.966 bits per heavy atom. The number of carboxylic acid groups (broad SMARTS) is 1. The lowest BCUT2D eigenvalue weighted by molar-refractivity contribution is -0.870. The fraction of sp³-hybridized carbons (Fsp3) is 0.766. The van der Waals surface area contributed by atoms with Crippen molar-refractivity contribution < 1.29 is 81.5 Å². The molecule has 0 aliphatic carbocycles. The Bertz CT molecular complexity index is 1830. The van der Waals surface area contributed by atoms with Crippen molar-refractivity contribution in [2.24, 2.45) is 0 Å². The molecule has 1 aromatic rings. The summed E-state index contributed by atoms with van der Waals surface area (Å²) in [6.45, 7) is 37.2. The third kappa shape index (κ3) is 92.0. The molecule has 2 fully saturated rings. The molecule has 0 aromatic heterocycles. The monoisotopic (exact) mass is 1410 g/mol. The lowest BCUT2D eigenvalue weighted by atomic mass is 10.1. The van der Waals surface area contributed by atoms with Gasteiger partial charge >= 0.3 is 5.97 Å². The number of morpholine rings is 1. The van der Waals surface area contributed by atoms with E-state index in [1.807, 2.05) is 39.2 Å². The van der Waals surface area contributed by atoms with Gasteiger partial charge in [0, 0.05) is 78.2 Å². The summed E-state index contributed by atoms with van der Waals surface area (Å²) in [5.41, 5.74) is 2.45. The van der Waals surface area contributed by atoms with E-state index < -0.39 is 5.97 Å². The molecule has 0 saturated carbocycles. The highest BCUT2D eigenvalue weighted by Gasteiger charge is 2.12. The van der Waals surface area contributed by atoms with Crippen LogP contribution in [-0.2, 0) is 60.9 Å². The van der Waals surface area contributed by atoms with Gasteiger partial charge in [-0.2, -0.15) is 0 Å². The van der Waals surface area contributed by atoms with Crippen LogP contribution >= 0.6 is 37.2 Å². The molecule has 0 spiro atoms. The summed E-state index contributed by atoms with van der Waals surface area (Å²) in [4.78, 5) is 107. The normalized spacial score (nSPS) is 12.3. The first kappa shape index (κ1) is 103. The minimum absolute atomic E-state index is 0. The molecule has 2 N–H and O–H groups in total. The molecular weight excluding hydrogens is 1290 g/mol. The topological polar surface area (TPSA) is 215 Å². The number of ketones is 7. The molecule has 0 radical (unpaired) electrons. The summed E-state index contributed by atoms with van der Waals surface area (Å²) >= 11 is 0. The smallest absolute Gasteiger partial charge is 0.322 e. The minimum Gasteiger partial charge on any atom is -1.00 e. The Hall–Kier alpha value is -2.87. The van der Waals surface area contributed by atoms with Gasteiger partial charge in [0.2, 0.25) is 5.91 Å². The summed E-state index contributed by atoms with van der Waals surface area (Å²) in [7, 11) is 14.4. The number of Topliss-reactive ketones (excluding diaryl/α,β-unsaturated/α-hetero) is 7. The van der Waals surface area contributed by atoms with Crippen molar-refractivity contribution in [2.75, 3.05) is 161 Å². The number of carboxylic acids is 1. The highest BCUT2D eigenvalue weighted by Crippen LogP contribution is 2.11. The number of quaternary nitrogens is 1. The Kier molecular flexibility index (Phi) is 81.7. The second-order valence-corrected chi connectivity index (χ2v) is 23.1. The number of likely N-dealkylation sites (tertiary alicyclic amines) is 1. The van der Waals surface area contributed by atoms with Crippen molar-refractivity contribution in [3.63, 3.8) is 0 Å². The maximum Gasteiger partial charge on any atom is 0.322 e. The summed E-state index contributed by atoms with van der Waals surface area (Å²) in [5.74, 6) is 0.540. The second-order valence-electron chi connectivity index (χ2n) is 23.1. The maximum atomic E-state index is 11.1. The maximum absolute atomic E-state index is 11.1. The molecule has 87 heavy (non-hydrogen) atoms. The van der Waals surface area contributed by atoms with Gasteiger partial charge in [0.25, 0.3) is 0 Å². The molecule has 0 unspecified atom stereocenters. The molecule has 1 amide bonds. The van der Waals surface area contributed by atoms with E-state index in [2.05, 4.69) is 96.9 Å². The largest absolute Gasteiger partial charge is 1.00 e. The van der Waals surface area contributed by atoms with Gasteiger partial charge in [0.1, 0.15) is 47.0 Å². The number of nitrogens with zero attached hydrogens (tertiary/aromatic N) is 7. The molecule has 2 saturated heterocycles. The fourth-order valence-electron chi connectivity index (χ4n) is 7.68. The number of piperidine rings is 1. The van der Waals surface area contributed by atoms with Crippen molar-refractivity contribution >= 4 is 89.6 Å². The summed E-state index contributed by atoms with van der Waals surface area (Å²) < 4.78 is 6.08. The number of ether oxygens (including phenoxy) is 1. The molecule has 1 aromatic carbocycles. The van der Waals surface area contributed by atoms with Gasteiger partial charge < -0.3 is 67.9 Å². The van der Waals surface area contributed by atoms with E-state index >= 15 is 0 Å². The lowest BCUT2D eigenvalue weighted by Gasteiger charge is -2.25.